The highest BCUT2D eigenvalue weighted by atomic mass is 32.2. The minimum Gasteiger partial charge on any atom is -0.399 e. The maximum Gasteiger partial charge on any atom is 0.226 e. The van der Waals surface area contributed by atoms with Gasteiger partial charge in [-0.1, -0.05) is 12.1 Å². The van der Waals surface area contributed by atoms with Crippen molar-refractivity contribution in [2.75, 3.05) is 25.1 Å². The quantitative estimate of drug-likeness (QED) is 0.785. The number of amides is 1. The van der Waals surface area contributed by atoms with Crippen LogP contribution in [0.1, 0.15) is 18.4 Å². The molecule has 1 fully saturated rings. The van der Waals surface area contributed by atoms with E-state index in [2.05, 4.69) is 4.72 Å². The van der Waals surface area contributed by atoms with Gasteiger partial charge in [0.2, 0.25) is 15.9 Å². The van der Waals surface area contributed by atoms with Crippen molar-refractivity contribution < 1.29 is 13.2 Å². The molecule has 7 heteroatoms. The average Bonchev–Trinajstić information content (AvgIpc) is 2.40. The molecule has 6 nitrogen and oxygen atoms in total. The van der Waals surface area contributed by atoms with E-state index in [1.807, 2.05) is 12.1 Å². The summed E-state index contributed by atoms with van der Waals surface area (Å²) in [7, 11) is -3.18. The van der Waals surface area contributed by atoms with E-state index in [-0.39, 0.29) is 11.9 Å². The Bertz CT molecular complexity index is 590. The molecule has 116 valence electrons. The van der Waals surface area contributed by atoms with E-state index in [1.54, 1.807) is 17.0 Å². The van der Waals surface area contributed by atoms with E-state index in [0.29, 0.717) is 38.0 Å². The van der Waals surface area contributed by atoms with E-state index in [1.165, 1.54) is 0 Å². The molecule has 1 aromatic rings. The summed E-state index contributed by atoms with van der Waals surface area (Å²) in [6.45, 7) is 1.17. The summed E-state index contributed by atoms with van der Waals surface area (Å²) in [5.74, 6) is 0.0672. The number of carbonyl (C=O) groups is 1. The molecule has 21 heavy (non-hydrogen) atoms. The summed E-state index contributed by atoms with van der Waals surface area (Å²) in [6, 6.07) is 7.20. The van der Waals surface area contributed by atoms with Crippen LogP contribution in [0.3, 0.4) is 0 Å². The van der Waals surface area contributed by atoms with Crippen LogP contribution in [0.4, 0.5) is 5.69 Å². The van der Waals surface area contributed by atoms with Crippen LogP contribution in [0, 0.1) is 0 Å². The molecule has 0 unspecified atom stereocenters. The summed E-state index contributed by atoms with van der Waals surface area (Å²) in [5, 5.41) is 0. The number of nitrogens with two attached hydrogens (primary N) is 1. The van der Waals surface area contributed by atoms with Gasteiger partial charge in [-0.3, -0.25) is 4.79 Å². The Morgan fingerprint density at radius 3 is 2.38 bits per heavy atom. The molecule has 0 saturated carbocycles. The van der Waals surface area contributed by atoms with Crippen molar-refractivity contribution in [1.29, 1.82) is 0 Å². The summed E-state index contributed by atoms with van der Waals surface area (Å²) < 4.78 is 25.0. The van der Waals surface area contributed by atoms with Crippen molar-refractivity contribution in [3.8, 4) is 0 Å². The summed E-state index contributed by atoms with van der Waals surface area (Å²) in [4.78, 5) is 14.0. The van der Waals surface area contributed by atoms with Crippen LogP contribution in [0.25, 0.3) is 0 Å². The lowest BCUT2D eigenvalue weighted by Gasteiger charge is -2.32. The minimum atomic E-state index is -3.18. The number of sulfonamides is 1. The lowest BCUT2D eigenvalue weighted by atomic mass is 10.0. The van der Waals surface area contributed by atoms with Crippen LogP contribution in [-0.4, -0.2) is 44.6 Å². The number of hydrogen-bond acceptors (Lipinski definition) is 4. The summed E-state index contributed by atoms with van der Waals surface area (Å²) >= 11 is 0. The van der Waals surface area contributed by atoms with Gasteiger partial charge in [-0.15, -0.1) is 0 Å². The highest BCUT2D eigenvalue weighted by Gasteiger charge is 2.24. The van der Waals surface area contributed by atoms with Crippen LogP contribution < -0.4 is 10.5 Å². The first-order chi connectivity index (χ1) is 9.83. The first-order valence-corrected chi connectivity index (χ1v) is 8.82. The number of piperidine rings is 1. The van der Waals surface area contributed by atoms with Crippen LogP contribution in [-0.2, 0) is 21.2 Å². The number of nitrogens with zero attached hydrogens (tertiary/aromatic N) is 1. The predicted octanol–water partition coefficient (Wildman–Crippen LogP) is 0.352. The Morgan fingerprint density at radius 1 is 1.29 bits per heavy atom. The second-order valence-electron chi connectivity index (χ2n) is 5.46. The van der Waals surface area contributed by atoms with Crippen LogP contribution in [0.2, 0.25) is 0 Å². The molecule has 0 bridgehead atoms. The molecule has 0 radical (unpaired) electrons. The maximum absolute atomic E-state index is 12.2. The van der Waals surface area contributed by atoms with E-state index >= 15 is 0 Å². The van der Waals surface area contributed by atoms with Gasteiger partial charge in [-0.2, -0.15) is 0 Å². The number of nitrogens with one attached hydrogen (secondary N) is 1. The second-order valence-corrected chi connectivity index (χ2v) is 7.24. The van der Waals surface area contributed by atoms with E-state index in [0.717, 1.165) is 11.8 Å². The standard InChI is InChI=1S/C14H21N3O3S/c1-21(19,20)16-13-6-8-17(9-7-13)14(18)10-11-2-4-12(15)5-3-11/h2-5,13,16H,6-10,15H2,1H3. The molecular formula is C14H21N3O3S. The second kappa shape index (κ2) is 6.44. The normalized spacial score (nSPS) is 16.9. The molecule has 0 aliphatic carbocycles. The Balaban J connectivity index is 1.84. The van der Waals surface area contributed by atoms with Crippen molar-refractivity contribution in [3.05, 3.63) is 29.8 Å². The van der Waals surface area contributed by atoms with E-state index in [4.69, 9.17) is 5.73 Å². The number of rotatable bonds is 4. The number of hydrogen-bond donors (Lipinski definition) is 2. The fraction of sp³-hybridized carbons (Fsp3) is 0.500. The van der Waals surface area contributed by atoms with Crippen molar-refractivity contribution in [2.45, 2.75) is 25.3 Å². The molecule has 1 aliphatic heterocycles. The van der Waals surface area contributed by atoms with Gasteiger partial charge in [0, 0.05) is 24.8 Å². The monoisotopic (exact) mass is 311 g/mol. The molecule has 0 atom stereocenters. The molecule has 0 spiro atoms. The Morgan fingerprint density at radius 2 is 1.86 bits per heavy atom. The molecule has 1 amide bonds. The maximum atomic E-state index is 12.2. The largest absolute Gasteiger partial charge is 0.399 e. The number of benzene rings is 1. The fourth-order valence-corrected chi connectivity index (χ4v) is 3.31. The van der Waals surface area contributed by atoms with Crippen LogP contribution in [0.5, 0.6) is 0 Å². The fourth-order valence-electron chi connectivity index (χ4n) is 2.47. The predicted molar refractivity (Wildman–Crippen MR) is 82.1 cm³/mol. The Labute approximate surface area is 125 Å². The first kappa shape index (κ1) is 15.8. The van der Waals surface area contributed by atoms with Gasteiger partial charge >= 0.3 is 0 Å². The summed E-state index contributed by atoms with van der Waals surface area (Å²) in [6.07, 6.45) is 2.82. The van der Waals surface area contributed by atoms with Gasteiger partial charge in [-0.25, -0.2) is 13.1 Å². The number of anilines is 1. The van der Waals surface area contributed by atoms with Gasteiger partial charge < -0.3 is 10.6 Å². The highest BCUT2D eigenvalue weighted by Crippen LogP contribution is 2.14. The molecular weight excluding hydrogens is 290 g/mol. The first-order valence-electron chi connectivity index (χ1n) is 6.93. The third kappa shape index (κ3) is 5.02. The molecule has 0 aromatic heterocycles. The Kier molecular flexibility index (Phi) is 4.84. The number of nitrogen functional groups attached to an aromatic ring is 1. The summed E-state index contributed by atoms with van der Waals surface area (Å²) in [5.41, 5.74) is 7.23. The molecule has 1 saturated heterocycles. The smallest absolute Gasteiger partial charge is 0.226 e. The van der Waals surface area contributed by atoms with Gasteiger partial charge in [0.15, 0.2) is 0 Å². The topological polar surface area (TPSA) is 92.5 Å². The van der Waals surface area contributed by atoms with Crippen LogP contribution in [0.15, 0.2) is 24.3 Å². The molecule has 1 aliphatic rings. The number of likely N-dealkylation sites (tertiary alicyclic amines) is 1. The number of carbonyl (C=O) groups excluding carboxylic acids is 1. The third-order valence-corrected chi connectivity index (χ3v) is 4.32. The minimum absolute atomic E-state index is 0.0672. The van der Waals surface area contributed by atoms with Gasteiger partial charge in [0.1, 0.15) is 0 Å². The lowest BCUT2D eigenvalue weighted by Crippen LogP contribution is -2.46. The molecule has 3 N–H and O–H groups in total. The van der Waals surface area contributed by atoms with Gasteiger partial charge in [0.05, 0.1) is 12.7 Å². The van der Waals surface area contributed by atoms with Crippen molar-refractivity contribution >= 4 is 21.6 Å². The zero-order valence-corrected chi connectivity index (χ0v) is 12.9. The molecule has 1 aromatic carbocycles. The van der Waals surface area contributed by atoms with Gasteiger partial charge in [-0.05, 0) is 30.5 Å². The average molecular weight is 311 g/mol. The zero-order chi connectivity index (χ0) is 15.5. The van der Waals surface area contributed by atoms with E-state index in [9.17, 15) is 13.2 Å². The zero-order valence-electron chi connectivity index (χ0n) is 12.1. The lowest BCUT2D eigenvalue weighted by molar-refractivity contribution is -0.131. The molecule has 1 heterocycles. The van der Waals surface area contributed by atoms with E-state index < -0.39 is 10.0 Å². The highest BCUT2D eigenvalue weighted by molar-refractivity contribution is 7.88. The molecule has 2 rings (SSSR count). The SMILES string of the molecule is CS(=O)(=O)NC1CCN(C(=O)Cc2ccc(N)cc2)CC1. The van der Waals surface area contributed by atoms with Crippen LogP contribution >= 0.6 is 0 Å². The third-order valence-electron chi connectivity index (χ3n) is 3.56. The van der Waals surface area contributed by atoms with Crippen molar-refractivity contribution in [3.63, 3.8) is 0 Å². The van der Waals surface area contributed by atoms with Gasteiger partial charge in [0.25, 0.3) is 0 Å². The van der Waals surface area contributed by atoms with Crippen molar-refractivity contribution in [1.82, 2.24) is 9.62 Å². The van der Waals surface area contributed by atoms with Crippen molar-refractivity contribution in [2.24, 2.45) is 0 Å². The Hall–Kier alpha value is -1.60.